The van der Waals surface area contributed by atoms with E-state index in [1.54, 1.807) is 0 Å². The van der Waals surface area contributed by atoms with Crippen LogP contribution in [0.25, 0.3) is 0 Å². The fraction of sp³-hybridized carbons (Fsp3) is 0.833. The lowest BCUT2D eigenvalue weighted by Crippen LogP contribution is -2.71. The minimum Gasteiger partial charge on any atom is -0.481 e. The third-order valence-electron chi connectivity index (χ3n) is 13.0. The predicted octanol–water partition coefficient (Wildman–Crippen LogP) is 6.47. The number of allylic oxidation sites excluding steroid dienone is 3. The molecule has 4 heteroatoms. The zero-order valence-electron chi connectivity index (χ0n) is 22.4. The summed E-state index contributed by atoms with van der Waals surface area (Å²) in [5, 5.41) is 33.6. The third kappa shape index (κ3) is 2.65. The van der Waals surface area contributed by atoms with Crippen LogP contribution in [0.5, 0.6) is 0 Å². The highest BCUT2D eigenvalue weighted by atomic mass is 16.5. The molecule has 0 aromatic carbocycles. The first-order chi connectivity index (χ1) is 15.6. The average molecular weight is 471 g/mol. The first-order valence-electron chi connectivity index (χ1n) is 13.6. The van der Waals surface area contributed by atoms with Crippen LogP contribution in [0.3, 0.4) is 0 Å². The van der Waals surface area contributed by atoms with Gasteiger partial charge in [0.1, 0.15) is 0 Å². The molecule has 0 aromatic heterocycles. The van der Waals surface area contributed by atoms with E-state index in [0.29, 0.717) is 19.3 Å². The van der Waals surface area contributed by atoms with Crippen LogP contribution < -0.4 is 0 Å². The van der Waals surface area contributed by atoms with Crippen molar-refractivity contribution in [3.05, 3.63) is 22.8 Å². The summed E-state index contributed by atoms with van der Waals surface area (Å²) in [6, 6.07) is 0. The van der Waals surface area contributed by atoms with E-state index in [1.165, 1.54) is 16.7 Å². The third-order valence-corrected chi connectivity index (χ3v) is 13.0. The second kappa shape index (κ2) is 7.00. The lowest BCUT2D eigenvalue weighted by Gasteiger charge is -2.73. The van der Waals surface area contributed by atoms with Crippen molar-refractivity contribution in [3.63, 3.8) is 0 Å². The van der Waals surface area contributed by atoms with Gasteiger partial charge in [0.05, 0.1) is 5.41 Å². The van der Waals surface area contributed by atoms with Gasteiger partial charge in [0, 0.05) is 11.8 Å². The van der Waals surface area contributed by atoms with Gasteiger partial charge >= 0.3 is 5.97 Å². The molecule has 4 fully saturated rings. The minimum absolute atomic E-state index is 0.0469. The van der Waals surface area contributed by atoms with E-state index >= 15 is 0 Å². The Kier molecular flexibility index (Phi) is 5.06. The Balaban J connectivity index is 1.65. The molecule has 0 saturated heterocycles. The summed E-state index contributed by atoms with van der Waals surface area (Å²) < 4.78 is 0. The van der Waals surface area contributed by atoms with Crippen LogP contribution >= 0.6 is 0 Å². The monoisotopic (exact) mass is 470 g/mol. The first-order valence-corrected chi connectivity index (χ1v) is 13.6. The normalized spacial score (nSPS) is 49.2. The van der Waals surface area contributed by atoms with E-state index in [4.69, 9.17) is 0 Å². The molecular weight excluding hydrogens is 424 g/mol. The molecule has 5 rings (SSSR count). The minimum atomic E-state index is -1.65. The maximum atomic E-state index is 12.8. The fourth-order valence-electron chi connectivity index (χ4n) is 10.6. The number of hydrogen-bond acceptors (Lipinski definition) is 3. The number of aliphatic hydroxyl groups is 2. The van der Waals surface area contributed by atoms with Gasteiger partial charge in [-0.15, -0.1) is 0 Å². The van der Waals surface area contributed by atoms with E-state index in [2.05, 4.69) is 54.5 Å². The largest absolute Gasteiger partial charge is 0.481 e. The Hall–Kier alpha value is -1.13. The van der Waals surface area contributed by atoms with Crippen molar-refractivity contribution in [3.8, 4) is 0 Å². The summed E-state index contributed by atoms with van der Waals surface area (Å²) in [5.74, 6) is -1.57. The molecule has 0 amide bonds. The summed E-state index contributed by atoms with van der Waals surface area (Å²) >= 11 is 0. The number of rotatable bonds is 1. The van der Waals surface area contributed by atoms with E-state index in [0.717, 1.165) is 38.5 Å². The van der Waals surface area contributed by atoms with Gasteiger partial charge in [-0.2, -0.15) is 0 Å². The lowest BCUT2D eigenvalue weighted by molar-refractivity contribution is -0.348. The second-order valence-electron chi connectivity index (χ2n) is 14.2. The topological polar surface area (TPSA) is 77.8 Å². The van der Waals surface area contributed by atoms with Gasteiger partial charge in [0.25, 0.3) is 0 Å². The smallest absolute Gasteiger partial charge is 0.314 e. The molecule has 0 heterocycles. The second-order valence-corrected chi connectivity index (χ2v) is 14.2. The Morgan fingerprint density at radius 2 is 1.53 bits per heavy atom. The molecule has 0 radical (unpaired) electrons. The Morgan fingerprint density at radius 3 is 2.18 bits per heavy atom. The van der Waals surface area contributed by atoms with Crippen LogP contribution in [0.15, 0.2) is 22.8 Å². The van der Waals surface area contributed by atoms with E-state index in [1.807, 2.05) is 0 Å². The van der Waals surface area contributed by atoms with Gasteiger partial charge in [-0.3, -0.25) is 4.79 Å². The van der Waals surface area contributed by atoms with Gasteiger partial charge in [0.15, 0.2) is 5.79 Å². The summed E-state index contributed by atoms with van der Waals surface area (Å²) in [4.78, 5) is 12.8. The fourth-order valence-corrected chi connectivity index (χ4v) is 10.6. The number of carboxylic acids is 1. The molecule has 4 nitrogen and oxygen atoms in total. The molecule has 5 aliphatic carbocycles. The van der Waals surface area contributed by atoms with Crippen molar-refractivity contribution < 1.29 is 20.1 Å². The molecule has 34 heavy (non-hydrogen) atoms. The van der Waals surface area contributed by atoms with Gasteiger partial charge in [-0.05, 0) is 110 Å². The molecule has 0 aromatic rings. The highest BCUT2D eigenvalue weighted by molar-refractivity contribution is 5.81. The highest BCUT2D eigenvalue weighted by Gasteiger charge is 2.73. The molecule has 5 aliphatic rings. The Morgan fingerprint density at radius 1 is 0.853 bits per heavy atom. The van der Waals surface area contributed by atoms with Gasteiger partial charge in [0.2, 0.25) is 0 Å². The van der Waals surface area contributed by atoms with Crippen LogP contribution in [-0.4, -0.2) is 27.1 Å². The van der Waals surface area contributed by atoms with Gasteiger partial charge in [-0.25, -0.2) is 0 Å². The van der Waals surface area contributed by atoms with E-state index < -0.39 is 22.6 Å². The van der Waals surface area contributed by atoms with Crippen molar-refractivity contribution in [2.24, 2.45) is 44.8 Å². The summed E-state index contributed by atoms with van der Waals surface area (Å²) in [7, 11) is 0. The Bertz CT molecular complexity index is 988. The Labute approximate surface area is 205 Å². The molecular formula is C30H46O4. The highest BCUT2D eigenvalue weighted by Crippen LogP contribution is 2.77. The molecule has 0 unspecified atom stereocenters. The number of fused-ring (bicyclic) bond motifs is 7. The number of hydrogen-bond donors (Lipinski definition) is 3. The average Bonchev–Trinajstić information content (AvgIpc) is 2.74. The first kappa shape index (κ1) is 24.6. The lowest BCUT2D eigenvalue weighted by atomic mass is 9.32. The maximum Gasteiger partial charge on any atom is 0.314 e. The molecule has 7 atom stereocenters. The zero-order valence-corrected chi connectivity index (χ0v) is 22.4. The summed E-state index contributed by atoms with van der Waals surface area (Å²) in [6.07, 6.45) is 9.62. The molecule has 0 aliphatic heterocycles. The molecule has 4 saturated carbocycles. The zero-order chi connectivity index (χ0) is 25.1. The van der Waals surface area contributed by atoms with Crippen LogP contribution in [-0.2, 0) is 4.79 Å². The quantitative estimate of drug-likeness (QED) is 0.384. The SMILES string of the molecule is CC1=CC[C@]2(C(=O)O)CC[C@]3(C)[C@H](CC[C@@H]4[C@]5(C)[C@@H](CC[C@]43C)C(C)(C)CCC5(O)O)C2=C1C. The van der Waals surface area contributed by atoms with Gasteiger partial charge in [-0.1, -0.05) is 46.3 Å². The van der Waals surface area contributed by atoms with Crippen LogP contribution in [0.4, 0.5) is 0 Å². The maximum absolute atomic E-state index is 12.8. The van der Waals surface area contributed by atoms with Gasteiger partial charge < -0.3 is 15.3 Å². The van der Waals surface area contributed by atoms with Crippen molar-refractivity contribution in [1.82, 2.24) is 0 Å². The van der Waals surface area contributed by atoms with Crippen LogP contribution in [0.1, 0.15) is 106 Å². The number of carboxylic acid groups (broad SMARTS) is 1. The molecule has 3 N–H and O–H groups in total. The summed E-state index contributed by atoms with van der Waals surface area (Å²) in [5.41, 5.74) is 2.31. The summed E-state index contributed by atoms with van der Waals surface area (Å²) in [6.45, 7) is 16.0. The van der Waals surface area contributed by atoms with Crippen molar-refractivity contribution in [2.75, 3.05) is 0 Å². The van der Waals surface area contributed by atoms with Crippen LogP contribution in [0, 0.1) is 44.8 Å². The van der Waals surface area contributed by atoms with E-state index in [9.17, 15) is 20.1 Å². The number of aliphatic carboxylic acids is 1. The number of carbonyl (C=O) groups is 1. The van der Waals surface area contributed by atoms with E-state index in [-0.39, 0.29) is 34.0 Å². The van der Waals surface area contributed by atoms with Crippen LogP contribution in [0.2, 0.25) is 0 Å². The molecule has 0 bridgehead atoms. The predicted molar refractivity (Wildman–Crippen MR) is 134 cm³/mol. The van der Waals surface area contributed by atoms with Crippen molar-refractivity contribution in [2.45, 2.75) is 112 Å². The standard InChI is InChI=1S/C30H46O4/c1-18-10-13-29(24(31)32)16-15-26(5)20(23(29)19(18)2)8-9-22-27(26,6)12-11-21-25(3,4)14-17-30(33,34)28(21,22)7/h10,20-22,33-34H,8-9,11-17H2,1-7H3,(H,31,32)/t20-,21+,22+,26-,27-,28+,29+/m1/s1. The molecule has 0 spiro atoms. The molecule has 190 valence electrons. The van der Waals surface area contributed by atoms with Crippen molar-refractivity contribution in [1.29, 1.82) is 0 Å². The van der Waals surface area contributed by atoms with Crippen molar-refractivity contribution >= 4 is 5.97 Å².